The number of benzene rings is 2. The summed E-state index contributed by atoms with van der Waals surface area (Å²) in [6.45, 7) is -0.653. The highest BCUT2D eigenvalue weighted by Gasteiger charge is 2.15. The van der Waals surface area contributed by atoms with E-state index in [0.29, 0.717) is 33.1 Å². The molecule has 0 saturated carbocycles. The first-order valence-electron chi connectivity index (χ1n) is 10.4. The minimum absolute atomic E-state index is 0.286. The molecular formula is C25H19FN4O3S. The number of hydrogen-bond donors (Lipinski definition) is 3. The maximum Gasteiger partial charge on any atom is 0.265 e. The number of nitrogens with one attached hydrogen (secondary N) is 3. The summed E-state index contributed by atoms with van der Waals surface area (Å²) < 4.78 is 19.3. The van der Waals surface area contributed by atoms with Crippen LogP contribution in [-0.2, 0) is 6.67 Å². The van der Waals surface area contributed by atoms with Crippen molar-refractivity contribution in [3.8, 4) is 5.75 Å². The summed E-state index contributed by atoms with van der Waals surface area (Å²) in [5.74, 6) is -0.223. The molecule has 0 aliphatic heterocycles. The third-order valence-electron chi connectivity index (χ3n) is 5.29. The summed E-state index contributed by atoms with van der Waals surface area (Å²) in [6, 6.07) is 15.0. The molecule has 7 nitrogen and oxygen atoms in total. The minimum atomic E-state index is -0.653. The Balaban J connectivity index is 1.39. The highest BCUT2D eigenvalue weighted by atomic mass is 32.1. The van der Waals surface area contributed by atoms with Crippen molar-refractivity contribution in [2.24, 2.45) is 0 Å². The number of anilines is 2. The number of thiophene rings is 1. The number of H-pyrrole nitrogens is 1. The average molecular weight is 475 g/mol. The molecule has 9 heteroatoms. The first-order chi connectivity index (χ1) is 16.5. The van der Waals surface area contributed by atoms with Crippen LogP contribution < -0.4 is 15.4 Å². The Bertz CT molecular complexity index is 1540. The van der Waals surface area contributed by atoms with E-state index < -0.39 is 12.6 Å². The van der Waals surface area contributed by atoms with E-state index in [9.17, 15) is 14.0 Å². The molecule has 34 heavy (non-hydrogen) atoms. The molecule has 0 bridgehead atoms. The number of hydrogen-bond acceptors (Lipinski definition) is 5. The number of rotatable bonds is 6. The fourth-order valence-corrected chi connectivity index (χ4v) is 4.71. The van der Waals surface area contributed by atoms with Crippen molar-refractivity contribution < 1.29 is 18.7 Å². The van der Waals surface area contributed by atoms with Gasteiger partial charge in [0.1, 0.15) is 18.1 Å². The van der Waals surface area contributed by atoms with E-state index in [1.807, 2.05) is 12.3 Å². The van der Waals surface area contributed by atoms with E-state index in [2.05, 4.69) is 20.6 Å². The lowest BCUT2D eigenvalue weighted by molar-refractivity contribution is 0.102. The van der Waals surface area contributed by atoms with E-state index in [4.69, 9.17) is 4.74 Å². The maximum absolute atomic E-state index is 13.0. The van der Waals surface area contributed by atoms with Crippen LogP contribution in [0.25, 0.3) is 21.1 Å². The Morgan fingerprint density at radius 1 is 1.06 bits per heavy atom. The molecule has 2 amide bonds. The standard InChI is InChI=1S/C25H19FN4O3S/c1-33-19-10-17(29-24(31)15-4-2-3-14(7-15)12-26)9-18(11-19)30-25(32)21-8-16-13-28-23-20(5-6-27-23)22(16)34-21/h2-11,13H,12H2,1H3,(H,27,28)(H,29,31)(H,30,32). The number of fused-ring (bicyclic) bond motifs is 3. The number of amides is 2. The zero-order valence-electron chi connectivity index (χ0n) is 18.0. The molecule has 3 heterocycles. The number of aromatic amines is 1. The van der Waals surface area contributed by atoms with Gasteiger partial charge in [-0.3, -0.25) is 9.59 Å². The van der Waals surface area contributed by atoms with Crippen molar-refractivity contribution in [1.29, 1.82) is 0 Å². The molecule has 5 aromatic rings. The quantitative estimate of drug-likeness (QED) is 0.292. The number of nitrogens with zero attached hydrogens (tertiary/aromatic N) is 1. The van der Waals surface area contributed by atoms with Gasteiger partial charge in [0, 0.05) is 56.9 Å². The van der Waals surface area contributed by atoms with Gasteiger partial charge < -0.3 is 20.4 Å². The summed E-state index contributed by atoms with van der Waals surface area (Å²) in [5.41, 5.74) is 2.41. The van der Waals surface area contributed by atoms with Gasteiger partial charge in [0.05, 0.1) is 12.0 Å². The van der Waals surface area contributed by atoms with E-state index in [1.54, 1.807) is 48.7 Å². The summed E-state index contributed by atoms with van der Waals surface area (Å²) in [7, 11) is 1.50. The topological polar surface area (TPSA) is 96.1 Å². The van der Waals surface area contributed by atoms with E-state index >= 15 is 0 Å². The van der Waals surface area contributed by atoms with Crippen molar-refractivity contribution in [2.45, 2.75) is 6.67 Å². The van der Waals surface area contributed by atoms with E-state index in [-0.39, 0.29) is 5.91 Å². The second-order valence-electron chi connectivity index (χ2n) is 7.59. The number of pyridine rings is 1. The molecule has 0 radical (unpaired) electrons. The van der Waals surface area contributed by atoms with Crippen LogP contribution in [0.3, 0.4) is 0 Å². The average Bonchev–Trinajstić information content (AvgIpc) is 3.50. The van der Waals surface area contributed by atoms with Crippen molar-refractivity contribution in [3.63, 3.8) is 0 Å². The molecule has 170 valence electrons. The van der Waals surface area contributed by atoms with Gasteiger partial charge in [-0.1, -0.05) is 12.1 Å². The van der Waals surface area contributed by atoms with Crippen LogP contribution in [0.5, 0.6) is 5.75 Å². The van der Waals surface area contributed by atoms with Crippen LogP contribution in [0.2, 0.25) is 0 Å². The zero-order chi connectivity index (χ0) is 23.7. The Morgan fingerprint density at radius 3 is 2.62 bits per heavy atom. The molecule has 0 spiro atoms. The Hall–Kier alpha value is -4.24. The second kappa shape index (κ2) is 8.95. The first kappa shape index (κ1) is 21.6. The number of halogens is 1. The van der Waals surface area contributed by atoms with Gasteiger partial charge in [-0.15, -0.1) is 11.3 Å². The largest absolute Gasteiger partial charge is 0.497 e. The van der Waals surface area contributed by atoms with Crippen molar-refractivity contribution in [3.05, 3.63) is 83.0 Å². The number of carbonyl (C=O) groups excluding carboxylic acids is 2. The van der Waals surface area contributed by atoms with E-state index in [0.717, 1.165) is 21.1 Å². The number of ether oxygens (including phenoxy) is 1. The molecule has 0 unspecified atom stereocenters. The van der Waals surface area contributed by atoms with Crippen LogP contribution in [0, 0.1) is 0 Å². The highest BCUT2D eigenvalue weighted by Crippen LogP contribution is 2.32. The predicted molar refractivity (Wildman–Crippen MR) is 132 cm³/mol. The number of methoxy groups -OCH3 is 1. The zero-order valence-corrected chi connectivity index (χ0v) is 18.8. The summed E-state index contributed by atoms with van der Waals surface area (Å²) in [4.78, 5) is 33.6. The summed E-state index contributed by atoms with van der Waals surface area (Å²) >= 11 is 1.38. The van der Waals surface area contributed by atoms with Gasteiger partial charge in [0.15, 0.2) is 0 Å². The third kappa shape index (κ3) is 4.20. The normalized spacial score (nSPS) is 11.0. The lowest BCUT2D eigenvalue weighted by Crippen LogP contribution is -2.14. The van der Waals surface area contributed by atoms with Gasteiger partial charge >= 0.3 is 0 Å². The lowest BCUT2D eigenvalue weighted by Gasteiger charge is -2.11. The fraction of sp³-hybridized carbons (Fsp3) is 0.0800. The van der Waals surface area contributed by atoms with Crippen molar-refractivity contribution >= 4 is 55.6 Å². The molecule has 0 aliphatic rings. The fourth-order valence-electron chi connectivity index (χ4n) is 3.66. The summed E-state index contributed by atoms with van der Waals surface area (Å²) in [5, 5.41) is 7.49. The minimum Gasteiger partial charge on any atom is -0.497 e. The van der Waals surface area contributed by atoms with Crippen molar-refractivity contribution in [2.75, 3.05) is 17.7 Å². The molecule has 2 aromatic carbocycles. The van der Waals surface area contributed by atoms with E-state index in [1.165, 1.54) is 24.5 Å². The second-order valence-corrected chi connectivity index (χ2v) is 8.64. The molecule has 0 atom stereocenters. The maximum atomic E-state index is 13.0. The smallest absolute Gasteiger partial charge is 0.265 e. The molecule has 5 rings (SSSR count). The molecule has 0 saturated heterocycles. The number of alkyl halides is 1. The Labute approximate surface area is 197 Å². The van der Waals surface area contributed by atoms with Gasteiger partial charge in [0.2, 0.25) is 0 Å². The van der Waals surface area contributed by atoms with Crippen LogP contribution >= 0.6 is 11.3 Å². The molecular weight excluding hydrogens is 455 g/mol. The predicted octanol–water partition coefficient (Wildman–Crippen LogP) is 5.76. The third-order valence-corrected chi connectivity index (χ3v) is 6.47. The van der Waals surface area contributed by atoms with Crippen LogP contribution in [0.4, 0.5) is 15.8 Å². The number of carbonyl (C=O) groups is 2. The lowest BCUT2D eigenvalue weighted by atomic mass is 10.1. The monoisotopic (exact) mass is 474 g/mol. The molecule has 3 aromatic heterocycles. The molecule has 0 aliphatic carbocycles. The molecule has 0 fully saturated rings. The van der Waals surface area contributed by atoms with Gasteiger partial charge in [-0.05, 0) is 35.9 Å². The van der Waals surface area contributed by atoms with Crippen LogP contribution in [0.15, 0.2) is 67.0 Å². The van der Waals surface area contributed by atoms with Gasteiger partial charge in [0.25, 0.3) is 11.8 Å². The SMILES string of the molecule is COc1cc(NC(=O)c2cccc(CF)c2)cc(NC(=O)c2cc3cnc4[nH]ccc4c3s2)c1. The Kier molecular flexibility index (Phi) is 5.69. The van der Waals surface area contributed by atoms with Gasteiger partial charge in [-0.25, -0.2) is 9.37 Å². The van der Waals surface area contributed by atoms with Crippen LogP contribution in [-0.4, -0.2) is 28.9 Å². The van der Waals surface area contributed by atoms with Crippen LogP contribution in [0.1, 0.15) is 25.6 Å². The summed E-state index contributed by atoms with van der Waals surface area (Å²) in [6.07, 6.45) is 3.55. The first-order valence-corrected chi connectivity index (χ1v) is 11.2. The van der Waals surface area contributed by atoms with Gasteiger partial charge in [-0.2, -0.15) is 0 Å². The highest BCUT2D eigenvalue weighted by molar-refractivity contribution is 7.21. The van der Waals surface area contributed by atoms with Crippen molar-refractivity contribution in [1.82, 2.24) is 9.97 Å². The Morgan fingerprint density at radius 2 is 1.85 bits per heavy atom. The number of aromatic nitrogens is 2. The molecule has 3 N–H and O–H groups in total.